The number of thiophene rings is 1. The van der Waals surface area contributed by atoms with Crippen LogP contribution in [0.25, 0.3) is 10.1 Å². The lowest BCUT2D eigenvalue weighted by Gasteiger charge is -2.22. The molecule has 1 saturated heterocycles. The van der Waals surface area contributed by atoms with Crippen molar-refractivity contribution in [3.8, 4) is 0 Å². The van der Waals surface area contributed by atoms with Crippen LogP contribution in [0.4, 0.5) is 4.79 Å². The fraction of sp³-hybridized carbons (Fsp3) is 0.500. The molecule has 1 aliphatic carbocycles. The number of hydrogen-bond donors (Lipinski definition) is 2. The highest BCUT2D eigenvalue weighted by atomic mass is 32.1. The van der Waals surface area contributed by atoms with Gasteiger partial charge >= 0.3 is 12.0 Å². The molecule has 176 valence electrons. The summed E-state index contributed by atoms with van der Waals surface area (Å²) in [5, 5.41) is 24.1. The van der Waals surface area contributed by atoms with Crippen molar-refractivity contribution in [1.82, 2.24) is 9.80 Å². The Morgan fingerprint density at radius 1 is 1.24 bits per heavy atom. The first kappa shape index (κ1) is 23.2. The number of urea groups is 1. The van der Waals surface area contributed by atoms with E-state index in [1.54, 1.807) is 32.2 Å². The van der Waals surface area contributed by atoms with Gasteiger partial charge in [0, 0.05) is 35.2 Å². The Balaban J connectivity index is 1.50. The van der Waals surface area contributed by atoms with Gasteiger partial charge in [-0.15, -0.1) is 11.3 Å². The second-order valence-electron chi connectivity index (χ2n) is 9.35. The van der Waals surface area contributed by atoms with Crippen molar-refractivity contribution < 1.29 is 24.7 Å². The van der Waals surface area contributed by atoms with Gasteiger partial charge in [-0.1, -0.05) is 17.3 Å². The number of amides is 3. The van der Waals surface area contributed by atoms with Gasteiger partial charge in [0.05, 0.1) is 11.6 Å². The van der Waals surface area contributed by atoms with Crippen LogP contribution in [0.3, 0.4) is 0 Å². The molecule has 0 bridgehead atoms. The molecule has 2 N–H and O–H groups in total. The van der Waals surface area contributed by atoms with Crippen LogP contribution in [0.15, 0.2) is 23.4 Å². The van der Waals surface area contributed by atoms with Crippen molar-refractivity contribution >= 4 is 45.0 Å². The van der Waals surface area contributed by atoms with Crippen LogP contribution in [-0.2, 0) is 22.4 Å². The summed E-state index contributed by atoms with van der Waals surface area (Å²) < 4.78 is 1.12. The van der Waals surface area contributed by atoms with E-state index < -0.39 is 23.5 Å². The summed E-state index contributed by atoms with van der Waals surface area (Å²) in [4.78, 5) is 40.9. The third-order valence-electron chi connectivity index (χ3n) is 7.03. The van der Waals surface area contributed by atoms with E-state index in [-0.39, 0.29) is 31.0 Å². The van der Waals surface area contributed by atoms with Crippen molar-refractivity contribution in [2.45, 2.75) is 57.9 Å². The van der Waals surface area contributed by atoms with Crippen LogP contribution in [0.5, 0.6) is 0 Å². The Bertz CT molecular complexity index is 1150. The lowest BCUT2D eigenvalue weighted by atomic mass is 9.93. The zero-order valence-electron chi connectivity index (χ0n) is 19.1. The van der Waals surface area contributed by atoms with Gasteiger partial charge in [-0.2, -0.15) is 0 Å². The highest BCUT2D eigenvalue weighted by Gasteiger charge is 2.49. The molecular formula is C24H29N3O5S. The van der Waals surface area contributed by atoms with Gasteiger partial charge in [0.2, 0.25) is 0 Å². The van der Waals surface area contributed by atoms with Crippen LogP contribution >= 0.6 is 11.3 Å². The summed E-state index contributed by atoms with van der Waals surface area (Å²) in [5.41, 5.74) is 1.42. The van der Waals surface area contributed by atoms with Gasteiger partial charge in [0.15, 0.2) is 0 Å². The smallest absolute Gasteiger partial charge is 0.327 e. The second-order valence-corrected chi connectivity index (χ2v) is 10.5. The molecule has 2 heterocycles. The number of benzene rings is 1. The molecule has 1 aliphatic heterocycles. The summed E-state index contributed by atoms with van der Waals surface area (Å²) >= 11 is 1.76. The first-order valence-corrected chi connectivity index (χ1v) is 12.0. The predicted molar refractivity (Wildman–Crippen MR) is 126 cm³/mol. The average Bonchev–Trinajstić information content (AvgIpc) is 3.23. The first-order chi connectivity index (χ1) is 15.6. The molecule has 2 aromatic rings. The number of likely N-dealkylation sites (N-methyl/N-ethyl adjacent to an activating group) is 1. The number of oxime groups is 1. The Morgan fingerprint density at radius 2 is 1.97 bits per heavy atom. The number of aliphatic carboxylic acids is 1. The highest BCUT2D eigenvalue weighted by molar-refractivity contribution is 7.19. The van der Waals surface area contributed by atoms with E-state index in [2.05, 4.69) is 5.16 Å². The van der Waals surface area contributed by atoms with Crippen LogP contribution in [0, 0.1) is 5.92 Å². The van der Waals surface area contributed by atoms with Crippen LogP contribution in [-0.4, -0.2) is 62.9 Å². The Hall–Kier alpha value is -2.94. The first-order valence-electron chi connectivity index (χ1n) is 11.2. The normalized spacial score (nSPS) is 19.3. The number of carbonyl (C=O) groups is 3. The van der Waals surface area contributed by atoms with E-state index in [0.29, 0.717) is 5.56 Å². The van der Waals surface area contributed by atoms with Gasteiger partial charge in [0.25, 0.3) is 5.91 Å². The standard InChI is InChI=1S/C24H29N3O5S/c1-24(2)22(30)27(23(31)26(24)3)11-10-15(21(28)29)12-18(25-32)14-8-9-17-16-6-4-5-7-19(16)33-20(17)13-14/h8-9,13,15,32H,4-7,10-12H2,1-3H3,(H,28,29)/t15-/m0/s1. The SMILES string of the molecule is CN1C(=O)N(CC[C@@H](CC(=NO)c2ccc3c4c(sc3c2)CCCC4)C(=O)O)C(=O)C1(C)C. The predicted octanol–water partition coefficient (Wildman–Crippen LogP) is 4.11. The quantitative estimate of drug-likeness (QED) is 0.273. The minimum Gasteiger partial charge on any atom is -0.481 e. The third kappa shape index (κ3) is 4.10. The fourth-order valence-corrected chi connectivity index (χ4v) is 6.00. The number of carbonyl (C=O) groups excluding carboxylic acids is 2. The number of aryl methyl sites for hydroxylation is 2. The molecule has 3 amide bonds. The van der Waals surface area contributed by atoms with E-state index in [0.717, 1.165) is 22.4 Å². The van der Waals surface area contributed by atoms with E-state index >= 15 is 0 Å². The number of rotatable bonds is 7. The highest BCUT2D eigenvalue weighted by Crippen LogP contribution is 2.37. The van der Waals surface area contributed by atoms with Crippen LogP contribution in [0.1, 0.15) is 55.5 Å². The maximum Gasteiger partial charge on any atom is 0.327 e. The number of imide groups is 1. The molecular weight excluding hydrogens is 442 g/mol. The molecule has 8 nitrogen and oxygen atoms in total. The molecule has 0 spiro atoms. The summed E-state index contributed by atoms with van der Waals surface area (Å²) in [6.45, 7) is 3.33. The molecule has 2 aliphatic rings. The monoisotopic (exact) mass is 471 g/mol. The molecule has 1 fully saturated rings. The van der Waals surface area contributed by atoms with E-state index in [1.807, 2.05) is 18.2 Å². The zero-order valence-corrected chi connectivity index (χ0v) is 19.9. The number of nitrogens with zero attached hydrogens (tertiary/aromatic N) is 3. The van der Waals surface area contributed by atoms with E-state index in [9.17, 15) is 24.7 Å². The van der Waals surface area contributed by atoms with Gasteiger partial charge in [-0.05, 0) is 63.0 Å². The largest absolute Gasteiger partial charge is 0.481 e. The van der Waals surface area contributed by atoms with Crippen LogP contribution < -0.4 is 0 Å². The summed E-state index contributed by atoms with van der Waals surface area (Å²) in [5.74, 6) is -2.31. The van der Waals surface area contributed by atoms with Gasteiger partial charge < -0.3 is 15.2 Å². The number of carboxylic acid groups (broad SMARTS) is 1. The third-order valence-corrected chi connectivity index (χ3v) is 8.28. The Kier molecular flexibility index (Phi) is 6.18. The van der Waals surface area contributed by atoms with Gasteiger partial charge in [0.1, 0.15) is 5.54 Å². The topological polar surface area (TPSA) is 111 Å². The lowest BCUT2D eigenvalue weighted by molar-refractivity contribution is -0.142. The number of hydrogen-bond acceptors (Lipinski definition) is 6. The molecule has 4 rings (SSSR count). The average molecular weight is 472 g/mol. The van der Waals surface area contributed by atoms with E-state index in [4.69, 9.17) is 0 Å². The number of carboxylic acids is 1. The van der Waals surface area contributed by atoms with Gasteiger partial charge in [-0.3, -0.25) is 14.5 Å². The number of fused-ring (bicyclic) bond motifs is 3. The van der Waals surface area contributed by atoms with Crippen molar-refractivity contribution in [3.05, 3.63) is 34.2 Å². The van der Waals surface area contributed by atoms with Crippen LogP contribution in [0.2, 0.25) is 0 Å². The summed E-state index contributed by atoms with van der Waals surface area (Å²) in [6, 6.07) is 5.45. The van der Waals surface area contributed by atoms with Crippen molar-refractivity contribution in [3.63, 3.8) is 0 Å². The summed E-state index contributed by atoms with van der Waals surface area (Å²) in [7, 11) is 1.56. The zero-order chi connectivity index (χ0) is 23.9. The molecule has 0 radical (unpaired) electrons. The molecule has 1 aromatic heterocycles. The molecule has 0 saturated carbocycles. The lowest BCUT2D eigenvalue weighted by Crippen LogP contribution is -2.41. The Morgan fingerprint density at radius 3 is 2.61 bits per heavy atom. The van der Waals surface area contributed by atoms with E-state index in [1.165, 1.54) is 33.6 Å². The minimum atomic E-state index is -1.06. The van der Waals surface area contributed by atoms with Gasteiger partial charge in [-0.25, -0.2) is 4.79 Å². The molecule has 1 aromatic carbocycles. The molecule has 0 unspecified atom stereocenters. The second kappa shape index (κ2) is 8.78. The molecule has 1 atom stereocenters. The summed E-state index contributed by atoms with van der Waals surface area (Å²) in [6.07, 6.45) is 4.64. The Labute approximate surface area is 196 Å². The van der Waals surface area contributed by atoms with Crippen molar-refractivity contribution in [1.29, 1.82) is 0 Å². The molecule has 33 heavy (non-hydrogen) atoms. The van der Waals surface area contributed by atoms with Crippen molar-refractivity contribution in [2.24, 2.45) is 11.1 Å². The maximum atomic E-state index is 12.6. The fourth-order valence-electron chi connectivity index (χ4n) is 4.67. The maximum absolute atomic E-state index is 12.6. The minimum absolute atomic E-state index is 0.00210. The molecule has 9 heteroatoms. The van der Waals surface area contributed by atoms with Crippen molar-refractivity contribution in [2.75, 3.05) is 13.6 Å².